The minimum Gasteiger partial charge on any atom is -0.322 e. The number of benzene rings is 3. The molecule has 28 heavy (non-hydrogen) atoms. The zero-order chi connectivity index (χ0) is 19.7. The largest absolute Gasteiger partial charge is 0.416 e. The van der Waals surface area contributed by atoms with Gasteiger partial charge in [0.05, 0.1) is 17.3 Å². The molecule has 3 aromatic carbocycles. The summed E-state index contributed by atoms with van der Waals surface area (Å²) in [6.45, 7) is 0. The minimum atomic E-state index is -4.50. The van der Waals surface area contributed by atoms with Gasteiger partial charge in [-0.05, 0) is 53.6 Å². The third-order valence-electron chi connectivity index (χ3n) is 4.35. The van der Waals surface area contributed by atoms with Gasteiger partial charge in [-0.1, -0.05) is 24.3 Å². The third-order valence-corrected chi connectivity index (χ3v) is 4.35. The molecule has 1 amide bonds. The number of rotatable bonds is 3. The van der Waals surface area contributed by atoms with Gasteiger partial charge in [0, 0.05) is 16.6 Å². The van der Waals surface area contributed by atoms with Crippen LogP contribution in [0.3, 0.4) is 0 Å². The lowest BCUT2D eigenvalue weighted by atomic mass is 10.0. The summed E-state index contributed by atoms with van der Waals surface area (Å²) in [4.78, 5) is 12.4. The van der Waals surface area contributed by atoms with Crippen LogP contribution >= 0.6 is 0 Å². The summed E-state index contributed by atoms with van der Waals surface area (Å²) in [5, 5.41) is 10.5. The van der Waals surface area contributed by atoms with Crippen molar-refractivity contribution in [3.05, 3.63) is 84.1 Å². The van der Waals surface area contributed by atoms with Gasteiger partial charge >= 0.3 is 6.18 Å². The van der Waals surface area contributed by atoms with E-state index in [-0.39, 0.29) is 5.56 Å². The zero-order valence-corrected chi connectivity index (χ0v) is 14.4. The molecule has 4 rings (SSSR count). The second-order valence-corrected chi connectivity index (χ2v) is 6.29. The van der Waals surface area contributed by atoms with Crippen molar-refractivity contribution >= 4 is 22.5 Å². The first-order chi connectivity index (χ1) is 13.4. The number of carbonyl (C=O) groups excluding carboxylic acids is 1. The summed E-state index contributed by atoms with van der Waals surface area (Å²) >= 11 is 0. The van der Waals surface area contributed by atoms with Crippen molar-refractivity contribution in [3.63, 3.8) is 0 Å². The molecule has 0 aliphatic carbocycles. The molecule has 7 heteroatoms. The van der Waals surface area contributed by atoms with Crippen LogP contribution in [0.1, 0.15) is 15.9 Å². The van der Waals surface area contributed by atoms with Crippen LogP contribution in [-0.4, -0.2) is 16.1 Å². The molecule has 0 bridgehead atoms. The smallest absolute Gasteiger partial charge is 0.322 e. The first kappa shape index (κ1) is 17.8. The fraction of sp³-hybridized carbons (Fsp3) is 0.0476. The van der Waals surface area contributed by atoms with Gasteiger partial charge in [-0.25, -0.2) is 0 Å². The van der Waals surface area contributed by atoms with Gasteiger partial charge < -0.3 is 5.32 Å². The van der Waals surface area contributed by atoms with Crippen LogP contribution in [0.2, 0.25) is 0 Å². The summed E-state index contributed by atoms with van der Waals surface area (Å²) in [6, 6.07) is 17.3. The molecule has 0 unspecified atom stereocenters. The number of aromatic nitrogens is 2. The number of hydrogen-bond donors (Lipinski definition) is 2. The highest BCUT2D eigenvalue weighted by atomic mass is 19.4. The molecule has 1 aromatic heterocycles. The number of alkyl halides is 3. The van der Waals surface area contributed by atoms with E-state index in [0.29, 0.717) is 5.69 Å². The molecule has 0 spiro atoms. The van der Waals surface area contributed by atoms with E-state index in [2.05, 4.69) is 15.5 Å². The Morgan fingerprint density at radius 2 is 1.71 bits per heavy atom. The highest BCUT2D eigenvalue weighted by molar-refractivity contribution is 6.04. The fourth-order valence-electron chi connectivity index (χ4n) is 2.94. The predicted molar refractivity (Wildman–Crippen MR) is 101 cm³/mol. The van der Waals surface area contributed by atoms with Crippen molar-refractivity contribution in [2.45, 2.75) is 6.18 Å². The van der Waals surface area contributed by atoms with Crippen molar-refractivity contribution in [1.82, 2.24) is 10.2 Å². The van der Waals surface area contributed by atoms with Crippen LogP contribution in [-0.2, 0) is 6.18 Å². The number of anilines is 1. The maximum absolute atomic E-state index is 12.8. The lowest BCUT2D eigenvalue weighted by Crippen LogP contribution is -2.13. The molecular weight excluding hydrogens is 367 g/mol. The van der Waals surface area contributed by atoms with E-state index in [1.54, 1.807) is 24.4 Å². The molecule has 0 saturated carbocycles. The number of amides is 1. The standard InChI is InChI=1S/C21H14F3N3O/c22-21(23,24)17-5-1-4-15(10-17)20(28)26-18-6-2-3-13(11-18)14-7-8-19-16(9-14)12-25-27-19/h1-12H,(H,25,27)(H,26,28). The maximum Gasteiger partial charge on any atom is 0.416 e. The van der Waals surface area contributed by atoms with E-state index in [1.807, 2.05) is 24.3 Å². The van der Waals surface area contributed by atoms with Gasteiger partial charge in [-0.3, -0.25) is 9.89 Å². The average molecular weight is 381 g/mol. The molecule has 0 atom stereocenters. The number of carbonyl (C=O) groups is 1. The Morgan fingerprint density at radius 3 is 2.54 bits per heavy atom. The molecule has 0 aliphatic heterocycles. The molecule has 1 heterocycles. The van der Waals surface area contributed by atoms with Crippen LogP contribution in [0.4, 0.5) is 18.9 Å². The minimum absolute atomic E-state index is 0.0555. The zero-order valence-electron chi connectivity index (χ0n) is 14.4. The third kappa shape index (κ3) is 3.59. The number of aromatic amines is 1. The molecule has 140 valence electrons. The molecule has 2 N–H and O–H groups in total. The van der Waals surface area contributed by atoms with E-state index in [1.165, 1.54) is 12.1 Å². The Hall–Kier alpha value is -3.61. The van der Waals surface area contributed by atoms with Gasteiger partial charge in [0.2, 0.25) is 0 Å². The van der Waals surface area contributed by atoms with E-state index >= 15 is 0 Å². The number of hydrogen-bond acceptors (Lipinski definition) is 2. The molecule has 0 saturated heterocycles. The van der Waals surface area contributed by atoms with Crippen LogP contribution in [0.5, 0.6) is 0 Å². The number of nitrogens with zero attached hydrogens (tertiary/aromatic N) is 1. The highest BCUT2D eigenvalue weighted by Crippen LogP contribution is 2.30. The number of nitrogens with one attached hydrogen (secondary N) is 2. The second kappa shape index (κ2) is 6.84. The first-order valence-corrected chi connectivity index (χ1v) is 8.42. The van der Waals surface area contributed by atoms with Crippen LogP contribution in [0.25, 0.3) is 22.0 Å². The van der Waals surface area contributed by atoms with Gasteiger partial charge in [-0.2, -0.15) is 18.3 Å². The number of H-pyrrole nitrogens is 1. The van der Waals surface area contributed by atoms with Gasteiger partial charge in [-0.15, -0.1) is 0 Å². The number of fused-ring (bicyclic) bond motifs is 1. The van der Waals surface area contributed by atoms with Crippen molar-refractivity contribution in [1.29, 1.82) is 0 Å². The maximum atomic E-state index is 12.8. The van der Waals surface area contributed by atoms with Gasteiger partial charge in [0.1, 0.15) is 0 Å². The van der Waals surface area contributed by atoms with Gasteiger partial charge in [0.25, 0.3) is 5.91 Å². The van der Waals surface area contributed by atoms with E-state index in [4.69, 9.17) is 0 Å². The second-order valence-electron chi connectivity index (χ2n) is 6.29. The average Bonchev–Trinajstić information content (AvgIpc) is 3.15. The Balaban J connectivity index is 1.59. The SMILES string of the molecule is O=C(Nc1cccc(-c2ccc3[nH]ncc3c2)c1)c1cccc(C(F)(F)F)c1. The van der Waals surface area contributed by atoms with Crippen LogP contribution in [0.15, 0.2) is 72.9 Å². The Morgan fingerprint density at radius 1 is 0.929 bits per heavy atom. The topological polar surface area (TPSA) is 57.8 Å². The Bertz CT molecular complexity index is 1160. The summed E-state index contributed by atoms with van der Waals surface area (Å²) in [5.74, 6) is -0.603. The Labute approximate surface area is 158 Å². The molecule has 0 radical (unpaired) electrons. The van der Waals surface area contributed by atoms with Crippen molar-refractivity contribution in [2.24, 2.45) is 0 Å². The molecule has 4 nitrogen and oxygen atoms in total. The highest BCUT2D eigenvalue weighted by Gasteiger charge is 2.30. The molecule has 0 aliphatic rings. The van der Waals surface area contributed by atoms with Gasteiger partial charge in [0.15, 0.2) is 0 Å². The van der Waals surface area contributed by atoms with Crippen LogP contribution < -0.4 is 5.32 Å². The summed E-state index contributed by atoms with van der Waals surface area (Å²) < 4.78 is 38.5. The Kier molecular flexibility index (Phi) is 4.35. The lowest BCUT2D eigenvalue weighted by Gasteiger charge is -2.10. The predicted octanol–water partition coefficient (Wildman–Crippen LogP) is 5.50. The quantitative estimate of drug-likeness (QED) is 0.492. The van der Waals surface area contributed by atoms with Crippen molar-refractivity contribution in [2.75, 3.05) is 5.32 Å². The van der Waals surface area contributed by atoms with Crippen LogP contribution in [0, 0.1) is 0 Å². The van der Waals surface area contributed by atoms with Crippen molar-refractivity contribution < 1.29 is 18.0 Å². The lowest BCUT2D eigenvalue weighted by molar-refractivity contribution is -0.137. The van der Waals surface area contributed by atoms with E-state index in [9.17, 15) is 18.0 Å². The monoisotopic (exact) mass is 381 g/mol. The molecule has 4 aromatic rings. The summed E-state index contributed by atoms with van der Waals surface area (Å²) in [5.41, 5.74) is 2.29. The summed E-state index contributed by atoms with van der Waals surface area (Å²) in [7, 11) is 0. The first-order valence-electron chi connectivity index (χ1n) is 8.42. The van der Waals surface area contributed by atoms with E-state index < -0.39 is 17.6 Å². The molecule has 0 fully saturated rings. The van der Waals surface area contributed by atoms with Crippen molar-refractivity contribution in [3.8, 4) is 11.1 Å². The van der Waals surface area contributed by atoms with E-state index in [0.717, 1.165) is 34.2 Å². The summed E-state index contributed by atoms with van der Waals surface area (Å²) in [6.07, 6.45) is -2.78. The normalized spacial score (nSPS) is 11.5. The fourth-order valence-corrected chi connectivity index (χ4v) is 2.94. The number of halogens is 3. The molecular formula is C21H14F3N3O.